The van der Waals surface area contributed by atoms with E-state index in [1.54, 1.807) is 17.3 Å². The number of benzene rings is 1. The van der Waals surface area contributed by atoms with E-state index < -0.39 is 0 Å². The molecule has 1 aromatic heterocycles. The van der Waals surface area contributed by atoms with Crippen LogP contribution in [0.1, 0.15) is 19.3 Å². The van der Waals surface area contributed by atoms with Crippen LogP contribution in [0.15, 0.2) is 30.6 Å². The Hall–Kier alpha value is -1.97. The van der Waals surface area contributed by atoms with E-state index in [1.807, 2.05) is 25.2 Å². The molecule has 1 fully saturated rings. The summed E-state index contributed by atoms with van der Waals surface area (Å²) in [7, 11) is 1.83. The predicted molar refractivity (Wildman–Crippen MR) is 70.3 cm³/mol. The highest BCUT2D eigenvalue weighted by atomic mass is 16.2. The van der Waals surface area contributed by atoms with Crippen LogP contribution in [0.3, 0.4) is 0 Å². The molecule has 0 saturated heterocycles. The SMILES string of the molecule is CN(C(=O)C1CCC1)c1ccc2nccnc2c1. The molecule has 3 rings (SSSR count). The second kappa shape index (κ2) is 4.37. The van der Waals surface area contributed by atoms with Gasteiger partial charge in [0.15, 0.2) is 0 Å². The van der Waals surface area contributed by atoms with Crippen LogP contribution in [0.5, 0.6) is 0 Å². The molecule has 0 atom stereocenters. The summed E-state index contributed by atoms with van der Waals surface area (Å²) in [4.78, 5) is 22.4. The number of fused-ring (bicyclic) bond motifs is 1. The number of anilines is 1. The van der Waals surface area contributed by atoms with Crippen molar-refractivity contribution in [2.75, 3.05) is 11.9 Å². The molecule has 0 unspecified atom stereocenters. The maximum atomic E-state index is 12.2. The highest BCUT2D eigenvalue weighted by molar-refractivity contribution is 5.96. The lowest BCUT2D eigenvalue weighted by atomic mass is 9.84. The first-order valence-electron chi connectivity index (χ1n) is 6.24. The zero-order valence-corrected chi connectivity index (χ0v) is 10.3. The van der Waals surface area contributed by atoms with Crippen LogP contribution in [0.25, 0.3) is 11.0 Å². The topological polar surface area (TPSA) is 46.1 Å². The minimum Gasteiger partial charge on any atom is -0.315 e. The van der Waals surface area contributed by atoms with E-state index in [1.165, 1.54) is 6.42 Å². The van der Waals surface area contributed by atoms with Gasteiger partial charge in [0, 0.05) is 31.0 Å². The van der Waals surface area contributed by atoms with E-state index in [0.717, 1.165) is 29.6 Å². The van der Waals surface area contributed by atoms with Crippen LogP contribution in [0, 0.1) is 5.92 Å². The molecule has 4 nitrogen and oxygen atoms in total. The zero-order chi connectivity index (χ0) is 12.5. The van der Waals surface area contributed by atoms with Crippen molar-refractivity contribution in [3.8, 4) is 0 Å². The summed E-state index contributed by atoms with van der Waals surface area (Å²) in [6.07, 6.45) is 6.56. The predicted octanol–water partition coefficient (Wildman–Crippen LogP) is 2.39. The third-order valence-electron chi connectivity index (χ3n) is 3.63. The minimum absolute atomic E-state index is 0.212. The number of carbonyl (C=O) groups excluding carboxylic acids is 1. The van der Waals surface area contributed by atoms with Crippen molar-refractivity contribution in [3.05, 3.63) is 30.6 Å². The molecule has 1 saturated carbocycles. The fourth-order valence-corrected chi connectivity index (χ4v) is 2.22. The lowest BCUT2D eigenvalue weighted by molar-refractivity contribution is -0.124. The van der Waals surface area contributed by atoms with Crippen molar-refractivity contribution in [2.24, 2.45) is 5.92 Å². The summed E-state index contributed by atoms with van der Waals surface area (Å²) in [6, 6.07) is 5.74. The molecular weight excluding hydrogens is 226 g/mol. The van der Waals surface area contributed by atoms with Gasteiger partial charge in [0.2, 0.25) is 5.91 Å². The molecule has 0 bridgehead atoms. The summed E-state index contributed by atoms with van der Waals surface area (Å²) in [6.45, 7) is 0. The molecule has 1 heterocycles. The van der Waals surface area contributed by atoms with Crippen LogP contribution in [0.4, 0.5) is 5.69 Å². The molecule has 1 amide bonds. The second-order valence-corrected chi connectivity index (χ2v) is 4.75. The Labute approximate surface area is 106 Å². The lowest BCUT2D eigenvalue weighted by Gasteiger charge is -2.29. The van der Waals surface area contributed by atoms with E-state index in [2.05, 4.69) is 9.97 Å². The second-order valence-electron chi connectivity index (χ2n) is 4.75. The van der Waals surface area contributed by atoms with Crippen LogP contribution in [-0.2, 0) is 4.79 Å². The van der Waals surface area contributed by atoms with Crippen molar-refractivity contribution in [3.63, 3.8) is 0 Å². The normalized spacial score (nSPS) is 15.4. The molecule has 18 heavy (non-hydrogen) atoms. The maximum absolute atomic E-state index is 12.2. The van der Waals surface area contributed by atoms with E-state index >= 15 is 0 Å². The minimum atomic E-state index is 0.212. The summed E-state index contributed by atoms with van der Waals surface area (Å²) < 4.78 is 0. The molecule has 2 aromatic rings. The first-order chi connectivity index (χ1) is 8.75. The van der Waals surface area contributed by atoms with Crippen LogP contribution < -0.4 is 4.90 Å². The Morgan fingerprint density at radius 1 is 1.22 bits per heavy atom. The molecule has 1 aliphatic carbocycles. The van der Waals surface area contributed by atoms with Crippen molar-refractivity contribution in [1.82, 2.24) is 9.97 Å². The number of nitrogens with zero attached hydrogens (tertiary/aromatic N) is 3. The molecule has 0 radical (unpaired) electrons. The number of aromatic nitrogens is 2. The number of amides is 1. The zero-order valence-electron chi connectivity index (χ0n) is 10.3. The van der Waals surface area contributed by atoms with Crippen LogP contribution in [0.2, 0.25) is 0 Å². The average Bonchev–Trinajstić information content (AvgIpc) is 2.35. The number of rotatable bonds is 2. The molecule has 92 valence electrons. The van der Waals surface area contributed by atoms with Gasteiger partial charge in [-0.15, -0.1) is 0 Å². The van der Waals surface area contributed by atoms with E-state index in [0.29, 0.717) is 0 Å². The van der Waals surface area contributed by atoms with Gasteiger partial charge in [-0.25, -0.2) is 0 Å². The van der Waals surface area contributed by atoms with Crippen LogP contribution >= 0.6 is 0 Å². The fraction of sp³-hybridized carbons (Fsp3) is 0.357. The highest BCUT2D eigenvalue weighted by Gasteiger charge is 2.28. The largest absolute Gasteiger partial charge is 0.315 e. The molecule has 4 heteroatoms. The number of carbonyl (C=O) groups is 1. The van der Waals surface area contributed by atoms with Gasteiger partial charge in [0.25, 0.3) is 0 Å². The Bertz CT molecular complexity index is 592. The first-order valence-corrected chi connectivity index (χ1v) is 6.24. The Morgan fingerprint density at radius 2 is 1.94 bits per heavy atom. The number of hydrogen-bond acceptors (Lipinski definition) is 3. The monoisotopic (exact) mass is 241 g/mol. The van der Waals surface area contributed by atoms with Gasteiger partial charge < -0.3 is 4.90 Å². The Morgan fingerprint density at radius 3 is 2.61 bits per heavy atom. The molecular formula is C14H15N3O. The van der Waals surface area contributed by atoms with Gasteiger partial charge in [0.1, 0.15) is 0 Å². The standard InChI is InChI=1S/C14H15N3O/c1-17(14(18)10-3-2-4-10)11-5-6-12-13(9-11)16-8-7-15-12/h5-10H,2-4H2,1H3. The van der Waals surface area contributed by atoms with Crippen molar-refractivity contribution >= 4 is 22.6 Å². The maximum Gasteiger partial charge on any atom is 0.229 e. The Kier molecular flexibility index (Phi) is 2.70. The van der Waals surface area contributed by atoms with Gasteiger partial charge >= 0.3 is 0 Å². The van der Waals surface area contributed by atoms with E-state index in [9.17, 15) is 4.79 Å². The lowest BCUT2D eigenvalue weighted by Crippen LogP contribution is -2.36. The average molecular weight is 241 g/mol. The quantitative estimate of drug-likeness (QED) is 0.811. The van der Waals surface area contributed by atoms with Gasteiger partial charge in [-0.3, -0.25) is 14.8 Å². The van der Waals surface area contributed by atoms with Gasteiger partial charge in [-0.2, -0.15) is 0 Å². The van der Waals surface area contributed by atoms with Crippen molar-refractivity contribution < 1.29 is 4.79 Å². The molecule has 1 aromatic carbocycles. The Balaban J connectivity index is 1.91. The third kappa shape index (κ3) is 1.83. The summed E-state index contributed by atoms with van der Waals surface area (Å²) in [5.41, 5.74) is 2.56. The van der Waals surface area contributed by atoms with Crippen molar-refractivity contribution in [1.29, 1.82) is 0 Å². The third-order valence-corrected chi connectivity index (χ3v) is 3.63. The summed E-state index contributed by atoms with van der Waals surface area (Å²) in [5.74, 6) is 0.428. The molecule has 1 aliphatic rings. The molecule has 0 aliphatic heterocycles. The molecule has 0 spiro atoms. The van der Waals surface area contributed by atoms with Crippen molar-refractivity contribution in [2.45, 2.75) is 19.3 Å². The summed E-state index contributed by atoms with van der Waals surface area (Å²) >= 11 is 0. The van der Waals surface area contributed by atoms with E-state index in [4.69, 9.17) is 0 Å². The first kappa shape index (κ1) is 11.1. The smallest absolute Gasteiger partial charge is 0.229 e. The van der Waals surface area contributed by atoms with Gasteiger partial charge in [-0.1, -0.05) is 6.42 Å². The van der Waals surface area contributed by atoms with Gasteiger partial charge in [-0.05, 0) is 31.0 Å². The fourth-order valence-electron chi connectivity index (χ4n) is 2.22. The van der Waals surface area contributed by atoms with E-state index in [-0.39, 0.29) is 11.8 Å². The highest BCUT2D eigenvalue weighted by Crippen LogP contribution is 2.30. The summed E-state index contributed by atoms with van der Waals surface area (Å²) in [5, 5.41) is 0. The van der Waals surface area contributed by atoms with Crippen LogP contribution in [-0.4, -0.2) is 22.9 Å². The molecule has 0 N–H and O–H groups in total. The van der Waals surface area contributed by atoms with Gasteiger partial charge in [0.05, 0.1) is 11.0 Å². The number of hydrogen-bond donors (Lipinski definition) is 0.